The Morgan fingerprint density at radius 1 is 1.00 bits per heavy atom. The number of anilines is 2. The number of nitrogens with zero attached hydrogens (tertiary/aromatic N) is 3. The maximum Gasteiger partial charge on any atom is 0.238 e. The van der Waals surface area contributed by atoms with Gasteiger partial charge in [0.05, 0.1) is 18.5 Å². The molecule has 2 aliphatic rings. The molecule has 1 fully saturated rings. The number of nitrogens with one attached hydrogen (secondary N) is 1. The number of para-hydroxylation sites is 1. The summed E-state index contributed by atoms with van der Waals surface area (Å²) in [5, 5.41) is 3.02. The van der Waals surface area contributed by atoms with Crippen molar-refractivity contribution in [2.75, 3.05) is 63.6 Å². The number of likely N-dealkylation sites (tertiary alicyclic amines) is 1. The number of likely N-dealkylation sites (N-methyl/N-ethyl adjacent to an activating group) is 1. The molecule has 1 spiro atoms. The van der Waals surface area contributed by atoms with Crippen LogP contribution in [0.15, 0.2) is 48.5 Å². The molecule has 1 N–H and O–H groups in total. The summed E-state index contributed by atoms with van der Waals surface area (Å²) in [6.45, 7) is 5.71. The first-order valence-electron chi connectivity index (χ1n) is 13.7. The molecule has 1 saturated heterocycles. The summed E-state index contributed by atoms with van der Waals surface area (Å²) in [5.74, 6) is 1.20. The van der Waals surface area contributed by atoms with Gasteiger partial charge in [0.2, 0.25) is 11.8 Å². The van der Waals surface area contributed by atoms with Gasteiger partial charge in [-0.3, -0.25) is 14.5 Å². The maximum atomic E-state index is 13.8. The number of aryl methyl sites for hydroxylation is 1. The molecule has 7 heteroatoms. The zero-order valence-corrected chi connectivity index (χ0v) is 22.7. The highest BCUT2D eigenvalue weighted by atomic mass is 16.5. The molecule has 0 atom stereocenters. The molecule has 200 valence electrons. The smallest absolute Gasteiger partial charge is 0.238 e. The number of carbonyl (C=O) groups is 2. The molecule has 0 saturated carbocycles. The molecule has 4 rings (SSSR count). The van der Waals surface area contributed by atoms with Crippen molar-refractivity contribution in [3.8, 4) is 5.75 Å². The minimum Gasteiger partial charge on any atom is -0.491 e. The summed E-state index contributed by atoms with van der Waals surface area (Å²) in [6, 6.07) is 16.1. The first kappa shape index (κ1) is 27.0. The summed E-state index contributed by atoms with van der Waals surface area (Å²) < 4.78 is 6.10. The van der Waals surface area contributed by atoms with Gasteiger partial charge in [-0.15, -0.1) is 0 Å². The van der Waals surface area contributed by atoms with Gasteiger partial charge in [0.25, 0.3) is 0 Å². The SMILES string of the molecule is CCN1CCOc2ccccc2CCCCC2(CCN(CC(=O)Nc3ccc(N(C)C)cc3)CC2)C1=O. The van der Waals surface area contributed by atoms with Gasteiger partial charge in [-0.25, -0.2) is 0 Å². The van der Waals surface area contributed by atoms with E-state index in [-0.39, 0.29) is 17.2 Å². The molecule has 7 nitrogen and oxygen atoms in total. The van der Waals surface area contributed by atoms with Gasteiger partial charge in [0.15, 0.2) is 0 Å². The Kier molecular flexibility index (Phi) is 9.09. The normalized spacial score (nSPS) is 18.8. The van der Waals surface area contributed by atoms with E-state index in [1.54, 1.807) is 0 Å². The van der Waals surface area contributed by atoms with Gasteiger partial charge >= 0.3 is 0 Å². The Hall–Kier alpha value is -3.06. The van der Waals surface area contributed by atoms with E-state index < -0.39 is 0 Å². The highest BCUT2D eigenvalue weighted by molar-refractivity contribution is 5.92. The van der Waals surface area contributed by atoms with Crippen LogP contribution in [-0.2, 0) is 16.0 Å². The number of carbonyl (C=O) groups excluding carboxylic acids is 2. The van der Waals surface area contributed by atoms with Crippen LogP contribution < -0.4 is 15.0 Å². The van der Waals surface area contributed by atoms with Crippen molar-refractivity contribution in [3.63, 3.8) is 0 Å². The minimum atomic E-state index is -0.344. The third kappa shape index (κ3) is 6.83. The average Bonchev–Trinajstić information content (AvgIpc) is 2.90. The Morgan fingerprint density at radius 3 is 2.43 bits per heavy atom. The lowest BCUT2D eigenvalue weighted by Gasteiger charge is -2.43. The van der Waals surface area contributed by atoms with E-state index in [0.717, 1.165) is 68.7 Å². The van der Waals surface area contributed by atoms with E-state index in [2.05, 4.69) is 29.3 Å². The Labute approximate surface area is 221 Å². The van der Waals surface area contributed by atoms with E-state index in [9.17, 15) is 9.59 Å². The predicted octanol–water partition coefficient (Wildman–Crippen LogP) is 4.43. The fourth-order valence-corrected chi connectivity index (χ4v) is 5.59. The van der Waals surface area contributed by atoms with Gasteiger partial charge in [-0.2, -0.15) is 0 Å². The van der Waals surface area contributed by atoms with E-state index in [1.807, 2.05) is 60.3 Å². The molecule has 2 heterocycles. The number of amides is 2. The fraction of sp³-hybridized carbons (Fsp3) is 0.533. The number of rotatable bonds is 5. The Bertz CT molecular complexity index is 1050. The van der Waals surface area contributed by atoms with Crippen LogP contribution in [-0.4, -0.2) is 75.0 Å². The molecule has 2 aromatic carbocycles. The summed E-state index contributed by atoms with van der Waals surface area (Å²) in [4.78, 5) is 32.8. The molecule has 0 unspecified atom stereocenters. The van der Waals surface area contributed by atoms with Crippen molar-refractivity contribution in [1.82, 2.24) is 9.80 Å². The standard InChI is InChI=1S/C30H42N4O3/c1-4-34-21-22-37-27-11-6-5-9-24(27)10-7-8-16-30(29(34)36)17-19-33(20-18-30)23-28(35)31-25-12-14-26(15-13-25)32(2)3/h5-6,9,11-15H,4,7-8,10,16-23H2,1-3H3,(H,31,35). The molecule has 0 aliphatic carbocycles. The van der Waals surface area contributed by atoms with Gasteiger partial charge in [0, 0.05) is 32.0 Å². The quantitative estimate of drug-likeness (QED) is 0.650. The van der Waals surface area contributed by atoms with E-state index in [0.29, 0.717) is 26.2 Å². The van der Waals surface area contributed by atoms with Crippen LogP contribution in [0, 0.1) is 5.41 Å². The molecule has 2 aliphatic heterocycles. The Morgan fingerprint density at radius 2 is 1.73 bits per heavy atom. The minimum absolute atomic E-state index is 0.00966. The second-order valence-corrected chi connectivity index (χ2v) is 10.6. The topological polar surface area (TPSA) is 65.1 Å². The maximum absolute atomic E-state index is 13.8. The van der Waals surface area contributed by atoms with Gasteiger partial charge < -0.3 is 19.9 Å². The summed E-state index contributed by atoms with van der Waals surface area (Å²) >= 11 is 0. The second-order valence-electron chi connectivity index (χ2n) is 10.6. The third-order valence-electron chi connectivity index (χ3n) is 7.91. The molecule has 37 heavy (non-hydrogen) atoms. The van der Waals surface area contributed by atoms with Crippen molar-refractivity contribution in [2.24, 2.45) is 5.41 Å². The van der Waals surface area contributed by atoms with Crippen LogP contribution >= 0.6 is 0 Å². The van der Waals surface area contributed by atoms with Crippen LogP contribution in [0.2, 0.25) is 0 Å². The lowest BCUT2D eigenvalue weighted by atomic mass is 9.73. The van der Waals surface area contributed by atoms with Crippen LogP contribution in [0.4, 0.5) is 11.4 Å². The molecule has 2 aromatic rings. The van der Waals surface area contributed by atoms with Crippen molar-refractivity contribution >= 4 is 23.2 Å². The van der Waals surface area contributed by atoms with Crippen LogP contribution in [0.3, 0.4) is 0 Å². The molecule has 0 bridgehead atoms. The van der Waals surface area contributed by atoms with Gasteiger partial charge in [-0.1, -0.05) is 24.6 Å². The van der Waals surface area contributed by atoms with Crippen molar-refractivity contribution in [2.45, 2.75) is 45.4 Å². The highest BCUT2D eigenvalue weighted by Crippen LogP contribution is 2.39. The second kappa shape index (κ2) is 12.5. The average molecular weight is 507 g/mol. The molecule has 2 amide bonds. The number of fused-ring (bicyclic) bond motifs is 1. The van der Waals surface area contributed by atoms with Crippen molar-refractivity contribution in [1.29, 1.82) is 0 Å². The van der Waals surface area contributed by atoms with Crippen LogP contribution in [0.1, 0.15) is 44.6 Å². The zero-order chi connectivity index (χ0) is 26.3. The van der Waals surface area contributed by atoms with Crippen LogP contribution in [0.5, 0.6) is 5.75 Å². The fourth-order valence-electron chi connectivity index (χ4n) is 5.59. The van der Waals surface area contributed by atoms with Gasteiger partial charge in [-0.05, 0) is 88.0 Å². The van der Waals surface area contributed by atoms with E-state index >= 15 is 0 Å². The number of ether oxygens (including phenoxy) is 1. The number of hydrogen-bond acceptors (Lipinski definition) is 5. The first-order valence-corrected chi connectivity index (χ1v) is 13.7. The lowest BCUT2D eigenvalue weighted by Crippen LogP contribution is -2.52. The number of piperidine rings is 1. The third-order valence-corrected chi connectivity index (χ3v) is 7.91. The number of hydrogen-bond donors (Lipinski definition) is 1. The summed E-state index contributed by atoms with van der Waals surface area (Å²) in [6.07, 6.45) is 5.53. The van der Waals surface area contributed by atoms with Gasteiger partial charge in [0.1, 0.15) is 12.4 Å². The number of benzene rings is 2. The molecular weight excluding hydrogens is 464 g/mol. The summed E-state index contributed by atoms with van der Waals surface area (Å²) in [5.41, 5.74) is 2.81. The zero-order valence-electron chi connectivity index (χ0n) is 22.7. The largest absolute Gasteiger partial charge is 0.491 e. The lowest BCUT2D eigenvalue weighted by molar-refractivity contribution is -0.146. The van der Waals surface area contributed by atoms with E-state index in [1.165, 1.54) is 5.56 Å². The van der Waals surface area contributed by atoms with Crippen LogP contribution in [0.25, 0.3) is 0 Å². The summed E-state index contributed by atoms with van der Waals surface area (Å²) in [7, 11) is 3.99. The van der Waals surface area contributed by atoms with Crippen molar-refractivity contribution in [3.05, 3.63) is 54.1 Å². The van der Waals surface area contributed by atoms with Crippen molar-refractivity contribution < 1.29 is 14.3 Å². The highest BCUT2D eigenvalue weighted by Gasteiger charge is 2.43. The van der Waals surface area contributed by atoms with E-state index in [4.69, 9.17) is 4.74 Å². The molecule has 0 aromatic heterocycles. The molecule has 0 radical (unpaired) electrons. The molecular formula is C30H42N4O3. The monoisotopic (exact) mass is 506 g/mol. The predicted molar refractivity (Wildman–Crippen MR) is 149 cm³/mol. The first-order chi connectivity index (χ1) is 17.9. The Balaban J connectivity index is 1.36.